The zero-order chi connectivity index (χ0) is 14.2. The fourth-order valence-electron chi connectivity index (χ4n) is 0.888. The van der Waals surface area contributed by atoms with Gasteiger partial charge in [-0.2, -0.15) is 0 Å². The third kappa shape index (κ3) is 6.55. The van der Waals surface area contributed by atoms with Crippen LogP contribution in [0, 0.1) is 0 Å². The van der Waals surface area contributed by atoms with Gasteiger partial charge in [0.1, 0.15) is 0 Å². The predicted octanol–water partition coefficient (Wildman–Crippen LogP) is 0.136. The normalized spacial score (nSPS) is 10.4. The second kappa shape index (κ2) is 8.04. The first-order valence-corrected chi connectivity index (χ1v) is 6.87. The van der Waals surface area contributed by atoms with Crippen LogP contribution in [0.2, 0.25) is 5.02 Å². The lowest BCUT2D eigenvalue weighted by molar-refractivity contribution is -0.134. The number of aliphatic carboxylic acids is 1. The molecule has 0 heterocycles. The standard InChI is InChI=1S/C8H7ClO4S.C2H7NO/c9-6-1-3-7(4-2-6)14(12,13)5-8(10)11;3-1-2-4/h1-4H,5H2,(H,10,11);4H,1-3H2. The van der Waals surface area contributed by atoms with Crippen molar-refractivity contribution in [1.29, 1.82) is 0 Å². The van der Waals surface area contributed by atoms with Gasteiger partial charge in [0.2, 0.25) is 0 Å². The van der Waals surface area contributed by atoms with Crippen molar-refractivity contribution in [1.82, 2.24) is 0 Å². The van der Waals surface area contributed by atoms with E-state index in [9.17, 15) is 13.2 Å². The van der Waals surface area contributed by atoms with Crippen molar-refractivity contribution >= 4 is 27.4 Å². The molecule has 0 fully saturated rings. The van der Waals surface area contributed by atoms with Crippen LogP contribution in [0.25, 0.3) is 0 Å². The van der Waals surface area contributed by atoms with Crippen molar-refractivity contribution in [3.63, 3.8) is 0 Å². The largest absolute Gasteiger partial charge is 0.480 e. The van der Waals surface area contributed by atoms with Crippen LogP contribution in [0.4, 0.5) is 0 Å². The van der Waals surface area contributed by atoms with Crippen LogP contribution in [0.5, 0.6) is 0 Å². The van der Waals surface area contributed by atoms with Gasteiger partial charge in [-0.15, -0.1) is 0 Å². The van der Waals surface area contributed by atoms with Gasteiger partial charge in [-0.1, -0.05) is 11.6 Å². The highest BCUT2D eigenvalue weighted by atomic mass is 35.5. The van der Waals surface area contributed by atoms with Crippen LogP contribution in [-0.2, 0) is 14.6 Å². The predicted molar refractivity (Wildman–Crippen MR) is 67.3 cm³/mol. The highest BCUT2D eigenvalue weighted by molar-refractivity contribution is 7.92. The van der Waals surface area contributed by atoms with Gasteiger partial charge in [0.05, 0.1) is 11.5 Å². The number of aliphatic hydroxyl groups is 1. The summed E-state index contributed by atoms with van der Waals surface area (Å²) in [5, 5.41) is 16.5. The second-order valence-electron chi connectivity index (χ2n) is 3.12. The van der Waals surface area contributed by atoms with Crippen LogP contribution >= 0.6 is 11.6 Å². The molecule has 1 aromatic rings. The van der Waals surface area contributed by atoms with Gasteiger partial charge < -0.3 is 15.9 Å². The van der Waals surface area contributed by atoms with Crippen molar-refractivity contribution < 1.29 is 23.4 Å². The van der Waals surface area contributed by atoms with Crippen molar-refractivity contribution in [2.75, 3.05) is 18.9 Å². The molecule has 8 heteroatoms. The summed E-state index contributed by atoms with van der Waals surface area (Å²) >= 11 is 5.56. The molecule has 6 nitrogen and oxygen atoms in total. The molecule has 4 N–H and O–H groups in total. The van der Waals surface area contributed by atoms with E-state index in [2.05, 4.69) is 0 Å². The Hall–Kier alpha value is -1.15. The molecule has 0 aliphatic rings. The van der Waals surface area contributed by atoms with Crippen molar-refractivity contribution in [2.45, 2.75) is 4.90 Å². The summed E-state index contributed by atoms with van der Waals surface area (Å²) in [6.07, 6.45) is 0. The number of halogens is 1. The highest BCUT2D eigenvalue weighted by Crippen LogP contribution is 2.15. The molecule has 0 saturated heterocycles. The Kier molecular flexibility index (Phi) is 7.53. The molecule has 102 valence electrons. The third-order valence-electron chi connectivity index (χ3n) is 1.62. The topological polar surface area (TPSA) is 118 Å². The smallest absolute Gasteiger partial charge is 0.319 e. The summed E-state index contributed by atoms with van der Waals surface area (Å²) in [5.74, 6) is -2.28. The minimum Gasteiger partial charge on any atom is -0.480 e. The molecule has 0 radical (unpaired) electrons. The first-order valence-electron chi connectivity index (χ1n) is 4.84. The minimum absolute atomic E-state index is 0.0377. The van der Waals surface area contributed by atoms with E-state index < -0.39 is 21.6 Å². The Balaban J connectivity index is 0.000000631. The van der Waals surface area contributed by atoms with E-state index in [1.54, 1.807) is 0 Å². The maximum atomic E-state index is 11.3. The highest BCUT2D eigenvalue weighted by Gasteiger charge is 2.18. The number of aliphatic hydroxyl groups excluding tert-OH is 1. The molecule has 0 unspecified atom stereocenters. The Bertz CT molecular complexity index is 470. The Morgan fingerprint density at radius 1 is 1.28 bits per heavy atom. The molecule has 0 aliphatic carbocycles. The Morgan fingerprint density at radius 3 is 2.06 bits per heavy atom. The van der Waals surface area contributed by atoms with E-state index in [1.165, 1.54) is 24.3 Å². The first kappa shape index (κ1) is 16.9. The Labute approximate surface area is 110 Å². The average molecular weight is 296 g/mol. The second-order valence-corrected chi connectivity index (χ2v) is 5.55. The van der Waals surface area contributed by atoms with E-state index in [0.717, 1.165) is 0 Å². The summed E-state index contributed by atoms with van der Waals surface area (Å²) in [6.45, 7) is 0.472. The quantitative estimate of drug-likeness (QED) is 0.727. The van der Waals surface area contributed by atoms with E-state index in [4.69, 9.17) is 27.5 Å². The number of sulfone groups is 1. The number of carboxylic acids is 1. The zero-order valence-electron chi connectivity index (χ0n) is 9.41. The molecule has 0 spiro atoms. The average Bonchev–Trinajstić information content (AvgIpc) is 2.28. The maximum absolute atomic E-state index is 11.3. The van der Waals surface area contributed by atoms with Gasteiger partial charge in [-0.3, -0.25) is 4.79 Å². The van der Waals surface area contributed by atoms with Crippen molar-refractivity contribution in [2.24, 2.45) is 5.73 Å². The summed E-state index contributed by atoms with van der Waals surface area (Å²) < 4.78 is 22.7. The number of hydrogen-bond donors (Lipinski definition) is 3. The first-order chi connectivity index (χ1) is 8.33. The fourth-order valence-corrected chi connectivity index (χ4v) is 2.06. The number of carboxylic acid groups (broad SMARTS) is 1. The minimum atomic E-state index is -3.73. The number of hydrogen-bond acceptors (Lipinski definition) is 5. The van der Waals surface area contributed by atoms with Gasteiger partial charge in [-0.05, 0) is 24.3 Å². The maximum Gasteiger partial charge on any atom is 0.319 e. The zero-order valence-corrected chi connectivity index (χ0v) is 11.0. The molecule has 1 rings (SSSR count). The molecule has 0 amide bonds. The van der Waals surface area contributed by atoms with Gasteiger partial charge >= 0.3 is 5.97 Å². The molecule has 0 aromatic heterocycles. The molecule has 1 aromatic carbocycles. The van der Waals surface area contributed by atoms with Crippen LogP contribution in [-0.4, -0.2) is 43.5 Å². The number of rotatable bonds is 4. The van der Waals surface area contributed by atoms with Crippen LogP contribution in [0.1, 0.15) is 0 Å². The van der Waals surface area contributed by atoms with Gasteiger partial charge in [0.15, 0.2) is 15.6 Å². The molecular formula is C10H14ClNO5S. The van der Waals surface area contributed by atoms with Gasteiger partial charge in [-0.25, -0.2) is 8.42 Å². The van der Waals surface area contributed by atoms with Gasteiger partial charge in [0.25, 0.3) is 0 Å². The molecule has 0 atom stereocenters. The lowest BCUT2D eigenvalue weighted by atomic mass is 10.4. The number of benzene rings is 1. The van der Waals surface area contributed by atoms with Crippen LogP contribution < -0.4 is 5.73 Å². The van der Waals surface area contributed by atoms with E-state index in [1.807, 2.05) is 0 Å². The molecule has 18 heavy (non-hydrogen) atoms. The monoisotopic (exact) mass is 295 g/mol. The third-order valence-corrected chi connectivity index (χ3v) is 3.48. The fraction of sp³-hybridized carbons (Fsp3) is 0.300. The van der Waals surface area contributed by atoms with Crippen LogP contribution in [0.15, 0.2) is 29.2 Å². The number of carbonyl (C=O) groups is 1. The van der Waals surface area contributed by atoms with E-state index in [0.29, 0.717) is 11.6 Å². The molecule has 0 bridgehead atoms. The molecular weight excluding hydrogens is 282 g/mol. The molecule has 0 saturated carbocycles. The summed E-state index contributed by atoms with van der Waals surface area (Å²) in [4.78, 5) is 10.2. The van der Waals surface area contributed by atoms with Crippen LogP contribution in [0.3, 0.4) is 0 Å². The Morgan fingerprint density at radius 2 is 1.72 bits per heavy atom. The summed E-state index contributed by atoms with van der Waals surface area (Å²) in [6, 6.07) is 5.35. The van der Waals surface area contributed by atoms with Crippen molar-refractivity contribution in [3.8, 4) is 0 Å². The van der Waals surface area contributed by atoms with E-state index in [-0.39, 0.29) is 11.5 Å². The number of nitrogens with two attached hydrogens (primary N) is 1. The van der Waals surface area contributed by atoms with Gasteiger partial charge in [0, 0.05) is 11.6 Å². The lowest BCUT2D eigenvalue weighted by Crippen LogP contribution is -2.15. The van der Waals surface area contributed by atoms with Crippen molar-refractivity contribution in [3.05, 3.63) is 29.3 Å². The molecule has 0 aliphatic heterocycles. The SMILES string of the molecule is NCCO.O=C(O)CS(=O)(=O)c1ccc(Cl)cc1. The lowest BCUT2D eigenvalue weighted by Gasteiger charge is -2.00. The summed E-state index contributed by atoms with van der Waals surface area (Å²) in [5.41, 5.74) is 4.78. The van der Waals surface area contributed by atoms with E-state index >= 15 is 0 Å². The summed E-state index contributed by atoms with van der Waals surface area (Å²) in [7, 11) is -3.73.